The number of ether oxygens (including phenoxy) is 2. The van der Waals surface area contributed by atoms with E-state index < -0.39 is 5.91 Å². The van der Waals surface area contributed by atoms with E-state index in [4.69, 9.17) is 27.5 Å². The number of carbonyl (C=O) groups excluding carboxylic acids is 1. The fourth-order valence-electron chi connectivity index (χ4n) is 2.06. The van der Waals surface area contributed by atoms with E-state index in [0.29, 0.717) is 27.8 Å². The summed E-state index contributed by atoms with van der Waals surface area (Å²) in [6.07, 6.45) is 6.64. The van der Waals surface area contributed by atoms with Gasteiger partial charge in [0, 0.05) is 11.6 Å². The van der Waals surface area contributed by atoms with Crippen LogP contribution in [-0.2, 0) is 4.79 Å². The van der Waals surface area contributed by atoms with Gasteiger partial charge in [-0.05, 0) is 30.3 Å². The first-order valence-electron chi connectivity index (χ1n) is 7.51. The Kier molecular flexibility index (Phi) is 6.68. The molecule has 0 saturated carbocycles. The van der Waals surface area contributed by atoms with Gasteiger partial charge in [-0.3, -0.25) is 4.79 Å². The number of nitrogens with zero attached hydrogens (tertiary/aromatic N) is 1. The predicted octanol–water partition coefficient (Wildman–Crippen LogP) is 3.91. The molecule has 0 aliphatic rings. The SMILES string of the molecule is C#CCOc1cc(OC)ccc1/C=C(\C#N)C(=O)Nc1ccccc1Cl. The fraction of sp³-hybridized carbons (Fsp3) is 0.100. The summed E-state index contributed by atoms with van der Waals surface area (Å²) < 4.78 is 10.6. The van der Waals surface area contributed by atoms with Gasteiger partial charge in [0.05, 0.1) is 17.8 Å². The molecule has 2 aromatic rings. The Morgan fingerprint density at radius 1 is 1.35 bits per heavy atom. The fourth-order valence-corrected chi connectivity index (χ4v) is 2.24. The second-order valence-electron chi connectivity index (χ2n) is 5.00. The molecule has 1 N–H and O–H groups in total. The molecule has 0 saturated heterocycles. The van der Waals surface area contributed by atoms with Gasteiger partial charge in [-0.25, -0.2) is 0 Å². The maximum absolute atomic E-state index is 12.4. The predicted molar refractivity (Wildman–Crippen MR) is 101 cm³/mol. The highest BCUT2D eigenvalue weighted by Crippen LogP contribution is 2.27. The summed E-state index contributed by atoms with van der Waals surface area (Å²) in [4.78, 5) is 12.4. The third kappa shape index (κ3) is 4.80. The van der Waals surface area contributed by atoms with Crippen molar-refractivity contribution in [3.05, 3.63) is 58.6 Å². The van der Waals surface area contributed by atoms with Gasteiger partial charge in [0.2, 0.25) is 0 Å². The Morgan fingerprint density at radius 2 is 2.12 bits per heavy atom. The summed E-state index contributed by atoms with van der Waals surface area (Å²) in [5.41, 5.74) is 0.825. The molecule has 0 heterocycles. The van der Waals surface area contributed by atoms with Crippen LogP contribution in [0.15, 0.2) is 48.0 Å². The number of nitriles is 1. The molecule has 0 bridgehead atoms. The van der Waals surface area contributed by atoms with Gasteiger partial charge in [0.1, 0.15) is 29.7 Å². The van der Waals surface area contributed by atoms with Gasteiger partial charge in [-0.1, -0.05) is 29.7 Å². The summed E-state index contributed by atoms with van der Waals surface area (Å²) in [7, 11) is 1.52. The molecule has 26 heavy (non-hydrogen) atoms. The largest absolute Gasteiger partial charge is 0.497 e. The average molecular weight is 367 g/mol. The van der Waals surface area contributed by atoms with E-state index in [1.807, 2.05) is 6.07 Å². The maximum Gasteiger partial charge on any atom is 0.266 e. The Morgan fingerprint density at radius 3 is 2.77 bits per heavy atom. The van der Waals surface area contributed by atoms with Crippen molar-refractivity contribution >= 4 is 29.3 Å². The first-order valence-corrected chi connectivity index (χ1v) is 7.88. The van der Waals surface area contributed by atoms with E-state index in [0.717, 1.165) is 0 Å². The lowest BCUT2D eigenvalue weighted by molar-refractivity contribution is -0.112. The number of anilines is 1. The standard InChI is InChI=1S/C20H15ClN2O3/c1-3-10-26-19-12-16(25-2)9-8-14(19)11-15(13-22)20(24)23-18-7-5-4-6-17(18)21/h1,4-9,11-12H,10H2,2H3,(H,23,24)/b15-11+. The number of terminal acetylenes is 1. The van der Waals surface area contributed by atoms with Gasteiger partial charge < -0.3 is 14.8 Å². The summed E-state index contributed by atoms with van der Waals surface area (Å²) in [5.74, 6) is 2.75. The van der Waals surface area contributed by atoms with Crippen molar-refractivity contribution in [1.29, 1.82) is 5.26 Å². The Bertz CT molecular complexity index is 923. The molecule has 0 radical (unpaired) electrons. The minimum Gasteiger partial charge on any atom is -0.497 e. The van der Waals surface area contributed by atoms with Crippen molar-refractivity contribution in [2.45, 2.75) is 0 Å². The molecule has 6 heteroatoms. The summed E-state index contributed by atoms with van der Waals surface area (Å²) in [6, 6.07) is 13.6. The zero-order chi connectivity index (χ0) is 18.9. The lowest BCUT2D eigenvalue weighted by Crippen LogP contribution is -2.13. The van der Waals surface area contributed by atoms with Crippen LogP contribution in [0.4, 0.5) is 5.69 Å². The molecule has 5 nitrogen and oxygen atoms in total. The van der Waals surface area contributed by atoms with Gasteiger partial charge in [-0.15, -0.1) is 6.42 Å². The van der Waals surface area contributed by atoms with Crippen molar-refractivity contribution in [1.82, 2.24) is 0 Å². The highest BCUT2D eigenvalue weighted by molar-refractivity contribution is 6.34. The first kappa shape index (κ1) is 18.9. The average Bonchev–Trinajstić information content (AvgIpc) is 2.66. The van der Waals surface area contributed by atoms with Crippen LogP contribution in [0.3, 0.4) is 0 Å². The van der Waals surface area contributed by atoms with Crippen LogP contribution in [-0.4, -0.2) is 19.6 Å². The number of hydrogen-bond acceptors (Lipinski definition) is 4. The van der Waals surface area contributed by atoms with Crippen LogP contribution in [0.25, 0.3) is 6.08 Å². The molecule has 0 aliphatic heterocycles. The minimum atomic E-state index is -0.584. The van der Waals surface area contributed by atoms with Crippen molar-refractivity contribution in [3.8, 4) is 29.9 Å². The number of amides is 1. The quantitative estimate of drug-likeness (QED) is 0.478. The van der Waals surface area contributed by atoms with Crippen LogP contribution >= 0.6 is 11.6 Å². The van der Waals surface area contributed by atoms with Crippen molar-refractivity contribution in [2.75, 3.05) is 19.0 Å². The Balaban J connectivity index is 2.33. The second-order valence-corrected chi connectivity index (χ2v) is 5.41. The number of benzene rings is 2. The molecule has 0 fully saturated rings. The van der Waals surface area contributed by atoms with E-state index in [2.05, 4.69) is 11.2 Å². The smallest absolute Gasteiger partial charge is 0.266 e. The first-order chi connectivity index (χ1) is 12.6. The van der Waals surface area contributed by atoms with Gasteiger partial charge in [-0.2, -0.15) is 5.26 Å². The van der Waals surface area contributed by atoms with Gasteiger partial charge in [0.15, 0.2) is 0 Å². The monoisotopic (exact) mass is 366 g/mol. The zero-order valence-electron chi connectivity index (χ0n) is 14.0. The minimum absolute atomic E-state index is 0.0434. The number of methoxy groups -OCH3 is 1. The molecule has 0 aliphatic carbocycles. The lowest BCUT2D eigenvalue weighted by atomic mass is 10.1. The lowest BCUT2D eigenvalue weighted by Gasteiger charge is -2.10. The zero-order valence-corrected chi connectivity index (χ0v) is 14.7. The molecular formula is C20H15ClN2O3. The molecule has 0 spiro atoms. The molecule has 130 valence electrons. The summed E-state index contributed by atoms with van der Waals surface area (Å²) >= 11 is 6.02. The number of para-hydroxylation sites is 1. The highest BCUT2D eigenvalue weighted by atomic mass is 35.5. The molecular weight excluding hydrogens is 352 g/mol. The molecule has 0 unspecified atom stereocenters. The van der Waals surface area contributed by atoms with Crippen molar-refractivity contribution in [3.63, 3.8) is 0 Å². The normalized spacial score (nSPS) is 10.4. The summed E-state index contributed by atoms with van der Waals surface area (Å²) in [6.45, 7) is 0.0434. The van der Waals surface area contributed by atoms with Crippen LogP contribution in [0, 0.1) is 23.7 Å². The number of halogens is 1. The van der Waals surface area contributed by atoms with Gasteiger partial charge in [0.25, 0.3) is 5.91 Å². The van der Waals surface area contributed by atoms with Crippen LogP contribution in [0.1, 0.15) is 5.56 Å². The van der Waals surface area contributed by atoms with E-state index >= 15 is 0 Å². The molecule has 0 atom stereocenters. The van der Waals surface area contributed by atoms with Gasteiger partial charge >= 0.3 is 0 Å². The molecule has 0 aromatic heterocycles. The second kappa shape index (κ2) is 9.17. The highest BCUT2D eigenvalue weighted by Gasteiger charge is 2.13. The third-order valence-electron chi connectivity index (χ3n) is 3.32. The van der Waals surface area contributed by atoms with E-state index in [1.54, 1.807) is 42.5 Å². The molecule has 1 amide bonds. The Labute approximate surface area is 156 Å². The third-order valence-corrected chi connectivity index (χ3v) is 3.65. The molecule has 2 rings (SSSR count). The van der Waals surface area contributed by atoms with Crippen molar-refractivity contribution in [2.24, 2.45) is 0 Å². The van der Waals surface area contributed by atoms with Crippen LogP contribution < -0.4 is 14.8 Å². The Hall–Kier alpha value is -3.41. The maximum atomic E-state index is 12.4. The number of carbonyl (C=O) groups is 1. The molecule has 2 aromatic carbocycles. The number of nitrogens with one attached hydrogen (secondary N) is 1. The van der Waals surface area contributed by atoms with Crippen LogP contribution in [0.5, 0.6) is 11.5 Å². The topological polar surface area (TPSA) is 71.3 Å². The summed E-state index contributed by atoms with van der Waals surface area (Å²) in [5, 5.41) is 12.3. The van der Waals surface area contributed by atoms with Crippen LogP contribution in [0.2, 0.25) is 5.02 Å². The van der Waals surface area contributed by atoms with E-state index in [9.17, 15) is 10.1 Å². The van der Waals surface area contributed by atoms with E-state index in [1.165, 1.54) is 13.2 Å². The number of hydrogen-bond donors (Lipinski definition) is 1. The van der Waals surface area contributed by atoms with E-state index in [-0.39, 0.29) is 12.2 Å². The number of rotatable bonds is 6. The van der Waals surface area contributed by atoms with Crippen molar-refractivity contribution < 1.29 is 14.3 Å².